The minimum atomic E-state index is -0.187. The summed E-state index contributed by atoms with van der Waals surface area (Å²) in [7, 11) is 0. The van der Waals surface area contributed by atoms with Crippen LogP contribution in [0.2, 0.25) is 0 Å². The van der Waals surface area contributed by atoms with Gasteiger partial charge in [0.25, 0.3) is 5.91 Å². The minimum absolute atomic E-state index is 0.111. The first-order valence-corrected chi connectivity index (χ1v) is 8.51. The molecular weight excluding hydrogens is 330 g/mol. The van der Waals surface area contributed by atoms with Gasteiger partial charge in [-0.05, 0) is 59.7 Å². The number of nitrogens with zero attached hydrogens (tertiary/aromatic N) is 5. The van der Waals surface area contributed by atoms with Crippen molar-refractivity contribution in [1.82, 2.24) is 30.5 Å². The number of hydrogen-bond donors (Lipinski definition) is 2. The van der Waals surface area contributed by atoms with Crippen LogP contribution in [0.1, 0.15) is 41.4 Å². The molecule has 1 aliphatic heterocycles. The highest BCUT2D eigenvalue weighted by Gasteiger charge is 2.16. The van der Waals surface area contributed by atoms with Crippen LogP contribution in [0, 0.1) is 0 Å². The van der Waals surface area contributed by atoms with Crippen LogP contribution in [-0.4, -0.2) is 31.1 Å². The zero-order valence-electron chi connectivity index (χ0n) is 14.6. The molecule has 1 aliphatic rings. The Hall–Kier alpha value is -3.13. The Morgan fingerprint density at radius 2 is 2.04 bits per heavy atom. The van der Waals surface area contributed by atoms with Crippen molar-refractivity contribution < 1.29 is 4.79 Å². The summed E-state index contributed by atoms with van der Waals surface area (Å²) in [6.07, 6.45) is 0. The number of aromatic nitrogens is 5. The average Bonchev–Trinajstić information content (AvgIpc) is 3.30. The molecule has 4 rings (SSSR count). The van der Waals surface area contributed by atoms with E-state index in [1.807, 2.05) is 44.2 Å². The maximum Gasteiger partial charge on any atom is 0.256 e. The molecule has 0 radical (unpaired) electrons. The molecule has 0 saturated heterocycles. The summed E-state index contributed by atoms with van der Waals surface area (Å²) in [5.74, 6) is 0.844. The fourth-order valence-electron chi connectivity index (χ4n) is 2.96. The number of anilines is 1. The van der Waals surface area contributed by atoms with Crippen molar-refractivity contribution in [3.63, 3.8) is 0 Å². The Labute approximate surface area is 150 Å². The van der Waals surface area contributed by atoms with E-state index in [2.05, 4.69) is 31.1 Å². The number of tetrazole rings is 1. The molecule has 1 aromatic carbocycles. The lowest BCUT2D eigenvalue weighted by molar-refractivity contribution is 0.102. The van der Waals surface area contributed by atoms with Gasteiger partial charge in [0, 0.05) is 18.7 Å². The topological polar surface area (TPSA) is 97.6 Å². The molecule has 0 fully saturated rings. The monoisotopic (exact) mass is 349 g/mol. The van der Waals surface area contributed by atoms with Crippen LogP contribution < -0.4 is 10.6 Å². The van der Waals surface area contributed by atoms with Crippen LogP contribution in [-0.2, 0) is 13.1 Å². The minimum Gasteiger partial charge on any atom is -0.309 e. The van der Waals surface area contributed by atoms with Crippen LogP contribution in [0.15, 0.2) is 36.4 Å². The maximum atomic E-state index is 12.6. The Balaban J connectivity index is 1.57. The molecular formula is C18H19N7O. The normalized spacial score (nSPS) is 13.0. The first-order valence-electron chi connectivity index (χ1n) is 8.51. The molecule has 2 aromatic heterocycles. The Morgan fingerprint density at radius 3 is 2.88 bits per heavy atom. The van der Waals surface area contributed by atoms with E-state index in [0.29, 0.717) is 22.9 Å². The van der Waals surface area contributed by atoms with Crippen molar-refractivity contribution >= 4 is 11.7 Å². The van der Waals surface area contributed by atoms with Gasteiger partial charge in [0.15, 0.2) is 0 Å². The molecule has 0 spiro atoms. The lowest BCUT2D eigenvalue weighted by atomic mass is 10.1. The van der Waals surface area contributed by atoms with Gasteiger partial charge in [-0.3, -0.25) is 4.79 Å². The van der Waals surface area contributed by atoms with Gasteiger partial charge in [0.05, 0.1) is 6.04 Å². The number of benzene rings is 1. The molecule has 8 nitrogen and oxygen atoms in total. The van der Waals surface area contributed by atoms with E-state index in [1.54, 1.807) is 10.7 Å². The molecule has 3 heterocycles. The van der Waals surface area contributed by atoms with Crippen molar-refractivity contribution in [3.05, 3.63) is 53.1 Å². The summed E-state index contributed by atoms with van der Waals surface area (Å²) < 4.78 is 1.70. The highest BCUT2D eigenvalue weighted by molar-refractivity contribution is 6.04. The summed E-state index contributed by atoms with van der Waals surface area (Å²) in [6.45, 7) is 5.63. The summed E-state index contributed by atoms with van der Waals surface area (Å²) in [5.41, 5.74) is 3.63. The molecule has 8 heteroatoms. The van der Waals surface area contributed by atoms with Crippen molar-refractivity contribution in [2.45, 2.75) is 33.0 Å². The quantitative estimate of drug-likeness (QED) is 0.749. The number of nitrogens with one attached hydrogen (secondary N) is 2. The first kappa shape index (κ1) is 16.3. The third kappa shape index (κ3) is 3.06. The SMILES string of the molecule is CC(C)n1nnnc1-c1cccc(NC(=O)c2ccc3c(c2)CNC3)n1. The van der Waals surface area contributed by atoms with Crippen molar-refractivity contribution in [1.29, 1.82) is 0 Å². The molecule has 0 bridgehead atoms. The Bertz CT molecular complexity index is 964. The smallest absolute Gasteiger partial charge is 0.256 e. The molecule has 3 aromatic rings. The predicted octanol–water partition coefficient (Wildman–Crippen LogP) is 2.17. The van der Waals surface area contributed by atoms with E-state index in [1.165, 1.54) is 5.56 Å². The van der Waals surface area contributed by atoms with Gasteiger partial charge in [0.2, 0.25) is 5.82 Å². The molecule has 0 saturated carbocycles. The van der Waals surface area contributed by atoms with Crippen LogP contribution in [0.5, 0.6) is 0 Å². The fraction of sp³-hybridized carbons (Fsp3) is 0.278. The zero-order valence-corrected chi connectivity index (χ0v) is 14.6. The number of hydrogen-bond acceptors (Lipinski definition) is 6. The second-order valence-corrected chi connectivity index (χ2v) is 6.49. The van der Waals surface area contributed by atoms with Crippen LogP contribution >= 0.6 is 0 Å². The van der Waals surface area contributed by atoms with Crippen molar-refractivity contribution in [2.24, 2.45) is 0 Å². The van der Waals surface area contributed by atoms with Gasteiger partial charge in [-0.25, -0.2) is 9.67 Å². The van der Waals surface area contributed by atoms with Crippen LogP contribution in [0.4, 0.5) is 5.82 Å². The molecule has 0 atom stereocenters. The number of carbonyl (C=O) groups excluding carboxylic acids is 1. The largest absolute Gasteiger partial charge is 0.309 e. The zero-order chi connectivity index (χ0) is 18.1. The van der Waals surface area contributed by atoms with Crippen LogP contribution in [0.25, 0.3) is 11.5 Å². The lowest BCUT2D eigenvalue weighted by Gasteiger charge is -2.09. The van der Waals surface area contributed by atoms with Gasteiger partial charge >= 0.3 is 0 Å². The molecule has 132 valence electrons. The van der Waals surface area contributed by atoms with E-state index in [9.17, 15) is 4.79 Å². The summed E-state index contributed by atoms with van der Waals surface area (Å²) in [6, 6.07) is 11.3. The standard InChI is InChI=1S/C18H19N7O/c1-11(2)25-17(22-23-24-25)15-4-3-5-16(20-15)21-18(26)12-6-7-13-9-19-10-14(13)8-12/h3-8,11,19H,9-10H2,1-2H3,(H,20,21,26). The second kappa shape index (κ2) is 6.64. The summed E-state index contributed by atoms with van der Waals surface area (Å²) >= 11 is 0. The number of amides is 1. The molecule has 1 amide bonds. The third-order valence-corrected chi connectivity index (χ3v) is 4.30. The average molecular weight is 349 g/mol. The summed E-state index contributed by atoms with van der Waals surface area (Å²) in [5, 5.41) is 17.9. The van der Waals surface area contributed by atoms with E-state index >= 15 is 0 Å². The van der Waals surface area contributed by atoms with Crippen LogP contribution in [0.3, 0.4) is 0 Å². The molecule has 0 aliphatic carbocycles. The van der Waals surface area contributed by atoms with Gasteiger partial charge in [0.1, 0.15) is 11.5 Å². The van der Waals surface area contributed by atoms with Gasteiger partial charge < -0.3 is 10.6 Å². The van der Waals surface area contributed by atoms with Gasteiger partial charge in [-0.2, -0.15) is 0 Å². The van der Waals surface area contributed by atoms with E-state index < -0.39 is 0 Å². The number of rotatable bonds is 4. The second-order valence-electron chi connectivity index (χ2n) is 6.49. The van der Waals surface area contributed by atoms with Crippen molar-refractivity contribution in [2.75, 3.05) is 5.32 Å². The summed E-state index contributed by atoms with van der Waals surface area (Å²) in [4.78, 5) is 17.1. The number of carbonyl (C=O) groups is 1. The number of pyridine rings is 1. The third-order valence-electron chi connectivity index (χ3n) is 4.30. The first-order chi connectivity index (χ1) is 12.6. The lowest BCUT2D eigenvalue weighted by Crippen LogP contribution is -2.14. The molecule has 2 N–H and O–H groups in total. The maximum absolute atomic E-state index is 12.6. The Kier molecular flexibility index (Phi) is 4.18. The van der Waals surface area contributed by atoms with E-state index in [0.717, 1.165) is 18.7 Å². The predicted molar refractivity (Wildman–Crippen MR) is 96.4 cm³/mol. The van der Waals surface area contributed by atoms with Gasteiger partial charge in [-0.1, -0.05) is 12.1 Å². The fourth-order valence-corrected chi connectivity index (χ4v) is 2.96. The number of fused-ring (bicyclic) bond motifs is 1. The van der Waals surface area contributed by atoms with E-state index in [4.69, 9.17) is 0 Å². The molecule has 26 heavy (non-hydrogen) atoms. The molecule has 0 unspecified atom stereocenters. The highest BCUT2D eigenvalue weighted by Crippen LogP contribution is 2.20. The Morgan fingerprint density at radius 1 is 1.19 bits per heavy atom. The van der Waals surface area contributed by atoms with Gasteiger partial charge in [-0.15, -0.1) is 5.10 Å². The van der Waals surface area contributed by atoms with Crippen molar-refractivity contribution in [3.8, 4) is 11.5 Å². The van der Waals surface area contributed by atoms with E-state index in [-0.39, 0.29) is 11.9 Å². The highest BCUT2D eigenvalue weighted by atomic mass is 16.1.